The second-order valence-corrected chi connectivity index (χ2v) is 6.14. The van der Waals surface area contributed by atoms with Crippen LogP contribution in [-0.4, -0.2) is 37.7 Å². The molecule has 0 saturated carbocycles. The number of hydrogen-bond acceptors (Lipinski definition) is 4. The highest BCUT2D eigenvalue weighted by Crippen LogP contribution is 2.28. The van der Waals surface area contributed by atoms with Crippen LogP contribution in [0, 0.1) is 0 Å². The van der Waals surface area contributed by atoms with Gasteiger partial charge in [0.2, 0.25) is 5.88 Å². The summed E-state index contributed by atoms with van der Waals surface area (Å²) in [6.07, 6.45) is 0. The molecule has 1 aromatic heterocycles. The predicted molar refractivity (Wildman–Crippen MR) is 86.0 cm³/mol. The molecule has 22 heavy (non-hydrogen) atoms. The third-order valence-corrected chi connectivity index (χ3v) is 4.25. The minimum Gasteiger partial charge on any atom is -0.493 e. The number of aromatic nitrogens is 2. The molecule has 2 N–H and O–H groups in total. The zero-order valence-electron chi connectivity index (χ0n) is 11.8. The van der Waals surface area contributed by atoms with Crippen molar-refractivity contribution < 1.29 is 10.1 Å². The molecular formula is C13H14BCl2N3O3. The first kappa shape index (κ1) is 15.5. The van der Waals surface area contributed by atoms with E-state index in [9.17, 15) is 14.9 Å². The van der Waals surface area contributed by atoms with Gasteiger partial charge in [-0.2, -0.15) is 0 Å². The molecule has 2 heterocycles. The molecule has 0 amide bonds. The molecule has 9 heteroatoms. The molecule has 6 nitrogen and oxygen atoms in total. The number of hydrogen-bond donors (Lipinski definition) is 2. The van der Waals surface area contributed by atoms with Crippen molar-refractivity contribution in [3.05, 3.63) is 44.4 Å². The summed E-state index contributed by atoms with van der Waals surface area (Å²) >= 11 is 11.9. The first-order valence-electron chi connectivity index (χ1n) is 6.80. The summed E-state index contributed by atoms with van der Waals surface area (Å²) in [7, 11) is -0.646. The SMILES string of the molecule is CB(O)N1CCn2c(c(O)n(-c3cc(Cl)cc(Cl)c3)c2=O)C1. The Bertz CT molecular complexity index is 767. The number of benzene rings is 1. The molecule has 1 aromatic carbocycles. The molecule has 3 rings (SSSR count). The van der Waals surface area contributed by atoms with E-state index in [1.165, 1.54) is 9.13 Å². The van der Waals surface area contributed by atoms with E-state index in [1.807, 2.05) is 0 Å². The molecular weight excluding hydrogens is 328 g/mol. The summed E-state index contributed by atoms with van der Waals surface area (Å²) in [4.78, 5) is 14.3. The van der Waals surface area contributed by atoms with Gasteiger partial charge in [0, 0.05) is 29.7 Å². The fourth-order valence-electron chi connectivity index (χ4n) is 2.68. The van der Waals surface area contributed by atoms with Crippen LogP contribution in [0.1, 0.15) is 5.69 Å². The van der Waals surface area contributed by atoms with Gasteiger partial charge < -0.3 is 14.9 Å². The number of nitrogens with zero attached hydrogens (tertiary/aromatic N) is 3. The van der Waals surface area contributed by atoms with E-state index in [-0.39, 0.29) is 11.6 Å². The fourth-order valence-corrected chi connectivity index (χ4v) is 3.20. The molecule has 2 aromatic rings. The highest BCUT2D eigenvalue weighted by Gasteiger charge is 2.29. The number of imidazole rings is 1. The molecule has 1 aliphatic rings. The Morgan fingerprint density at radius 1 is 1.18 bits per heavy atom. The Balaban J connectivity index is 2.14. The molecule has 1 aliphatic heterocycles. The van der Waals surface area contributed by atoms with E-state index in [0.29, 0.717) is 41.1 Å². The number of halogens is 2. The molecule has 0 atom stereocenters. The van der Waals surface area contributed by atoms with Crippen molar-refractivity contribution in [3.8, 4) is 11.6 Å². The summed E-state index contributed by atoms with van der Waals surface area (Å²) in [5, 5.41) is 20.9. The van der Waals surface area contributed by atoms with Gasteiger partial charge in [-0.3, -0.25) is 4.57 Å². The van der Waals surface area contributed by atoms with Crippen LogP contribution >= 0.6 is 23.2 Å². The summed E-state index contributed by atoms with van der Waals surface area (Å²) in [6, 6.07) is 4.68. The first-order chi connectivity index (χ1) is 10.4. The van der Waals surface area contributed by atoms with Crippen LogP contribution in [0.4, 0.5) is 0 Å². The number of fused-ring (bicyclic) bond motifs is 1. The fraction of sp³-hybridized carbons (Fsp3) is 0.308. The van der Waals surface area contributed by atoms with E-state index < -0.39 is 7.05 Å². The van der Waals surface area contributed by atoms with Crippen molar-refractivity contribution in [1.29, 1.82) is 0 Å². The second kappa shape index (κ2) is 5.66. The Morgan fingerprint density at radius 3 is 2.41 bits per heavy atom. The first-order valence-corrected chi connectivity index (χ1v) is 7.56. The van der Waals surface area contributed by atoms with E-state index in [4.69, 9.17) is 23.2 Å². The molecule has 116 valence electrons. The number of aromatic hydroxyl groups is 1. The molecule has 0 unspecified atom stereocenters. The normalized spacial score (nSPS) is 14.9. The van der Waals surface area contributed by atoms with Crippen LogP contribution in [0.25, 0.3) is 5.69 Å². The quantitative estimate of drug-likeness (QED) is 0.813. The lowest BCUT2D eigenvalue weighted by atomic mass is 9.84. The molecule has 0 saturated heterocycles. The second-order valence-electron chi connectivity index (χ2n) is 5.27. The van der Waals surface area contributed by atoms with Crippen LogP contribution in [0.3, 0.4) is 0 Å². The Labute approximate surface area is 137 Å². The van der Waals surface area contributed by atoms with E-state index in [2.05, 4.69) is 0 Å². The van der Waals surface area contributed by atoms with Crippen molar-refractivity contribution >= 4 is 30.3 Å². The average Bonchev–Trinajstić information content (AvgIpc) is 2.69. The van der Waals surface area contributed by atoms with Gasteiger partial charge in [0.1, 0.15) is 0 Å². The van der Waals surface area contributed by atoms with Crippen molar-refractivity contribution in [2.75, 3.05) is 6.54 Å². The van der Waals surface area contributed by atoms with Gasteiger partial charge in [-0.1, -0.05) is 23.2 Å². The maximum absolute atomic E-state index is 12.5. The summed E-state index contributed by atoms with van der Waals surface area (Å²) in [6.45, 7) is 2.87. The Morgan fingerprint density at radius 2 is 1.82 bits per heavy atom. The van der Waals surface area contributed by atoms with Crippen LogP contribution < -0.4 is 5.69 Å². The summed E-state index contributed by atoms with van der Waals surface area (Å²) < 4.78 is 2.68. The topological polar surface area (TPSA) is 70.6 Å². The highest BCUT2D eigenvalue weighted by molar-refractivity contribution is 6.45. The third-order valence-electron chi connectivity index (χ3n) is 3.82. The Kier molecular flexibility index (Phi) is 3.99. The van der Waals surface area contributed by atoms with Gasteiger partial charge in [-0.05, 0) is 25.0 Å². The van der Waals surface area contributed by atoms with Crippen LogP contribution in [-0.2, 0) is 13.1 Å². The van der Waals surface area contributed by atoms with Crippen LogP contribution in [0.2, 0.25) is 16.9 Å². The molecule has 0 fully saturated rings. The Hall–Kier alpha value is -1.41. The predicted octanol–water partition coefficient (Wildman–Crippen LogP) is 1.58. The molecule has 0 aliphatic carbocycles. The van der Waals surface area contributed by atoms with Gasteiger partial charge in [0.05, 0.1) is 11.4 Å². The van der Waals surface area contributed by atoms with Gasteiger partial charge in [0.25, 0.3) is 0 Å². The lowest BCUT2D eigenvalue weighted by Crippen LogP contribution is -2.44. The largest absolute Gasteiger partial charge is 0.493 e. The van der Waals surface area contributed by atoms with Gasteiger partial charge in [-0.25, -0.2) is 9.36 Å². The van der Waals surface area contributed by atoms with Crippen LogP contribution in [0.5, 0.6) is 5.88 Å². The highest BCUT2D eigenvalue weighted by atomic mass is 35.5. The zero-order valence-corrected chi connectivity index (χ0v) is 13.3. The zero-order chi connectivity index (χ0) is 16.0. The monoisotopic (exact) mass is 341 g/mol. The minimum absolute atomic E-state index is 0.159. The molecule has 0 radical (unpaired) electrons. The summed E-state index contributed by atoms with van der Waals surface area (Å²) in [5.41, 5.74) is 0.523. The van der Waals surface area contributed by atoms with Crippen LogP contribution in [0.15, 0.2) is 23.0 Å². The van der Waals surface area contributed by atoms with Crippen molar-refractivity contribution in [3.63, 3.8) is 0 Å². The van der Waals surface area contributed by atoms with Crippen molar-refractivity contribution in [2.24, 2.45) is 0 Å². The molecule has 0 spiro atoms. The van der Waals surface area contributed by atoms with E-state index in [0.717, 1.165) is 0 Å². The number of rotatable bonds is 2. The van der Waals surface area contributed by atoms with Crippen molar-refractivity contribution in [2.45, 2.75) is 19.9 Å². The lowest BCUT2D eigenvalue weighted by molar-refractivity contribution is 0.296. The van der Waals surface area contributed by atoms with Gasteiger partial charge in [0.15, 0.2) is 0 Å². The minimum atomic E-state index is -0.646. The van der Waals surface area contributed by atoms with E-state index >= 15 is 0 Å². The smallest absolute Gasteiger partial charge is 0.376 e. The lowest BCUT2D eigenvalue weighted by Gasteiger charge is -2.28. The third kappa shape index (κ3) is 2.54. The van der Waals surface area contributed by atoms with E-state index in [1.54, 1.807) is 29.8 Å². The maximum atomic E-state index is 12.5. The molecule has 0 bridgehead atoms. The van der Waals surface area contributed by atoms with Gasteiger partial charge >= 0.3 is 12.7 Å². The maximum Gasteiger partial charge on any atom is 0.376 e. The summed E-state index contributed by atoms with van der Waals surface area (Å²) in [5.74, 6) is -0.159. The van der Waals surface area contributed by atoms with Crippen molar-refractivity contribution in [1.82, 2.24) is 13.9 Å². The van der Waals surface area contributed by atoms with Gasteiger partial charge in [-0.15, -0.1) is 0 Å². The standard InChI is InChI=1S/C13H14BCl2N3O3/c1-14(22)17-2-3-18-11(7-17)12(20)19(13(18)21)10-5-8(15)4-9(16)6-10/h4-6,20,22H,2-3,7H2,1H3. The average molecular weight is 342 g/mol.